The zero-order valence-corrected chi connectivity index (χ0v) is 7.11. The van der Waals surface area contributed by atoms with Gasteiger partial charge in [-0.05, 0) is 6.26 Å². The molecule has 0 unspecified atom stereocenters. The average molecular weight is 167 g/mol. The summed E-state index contributed by atoms with van der Waals surface area (Å²) < 4.78 is 0. The molecule has 3 nitrogen and oxygen atoms in total. The van der Waals surface area contributed by atoms with Gasteiger partial charge in [0.15, 0.2) is 11.4 Å². The van der Waals surface area contributed by atoms with Crippen molar-refractivity contribution in [1.29, 1.82) is 5.26 Å². The molecule has 0 bridgehead atoms. The van der Waals surface area contributed by atoms with E-state index in [1.807, 2.05) is 6.26 Å². The summed E-state index contributed by atoms with van der Waals surface area (Å²) in [5, 5.41) is 11.3. The molecule has 0 aromatic carbocycles. The van der Waals surface area contributed by atoms with Gasteiger partial charge in [0, 0.05) is 6.42 Å². The van der Waals surface area contributed by atoms with Crippen molar-refractivity contribution in [3.8, 4) is 18.5 Å². The normalized spacial score (nSPS) is 9.91. The predicted molar refractivity (Wildman–Crippen MR) is 48.0 cm³/mol. The van der Waals surface area contributed by atoms with Gasteiger partial charge in [0.2, 0.25) is 0 Å². The lowest BCUT2D eigenvalue weighted by Crippen LogP contribution is -2.13. The monoisotopic (exact) mass is 167 g/mol. The minimum atomic E-state index is 0.571. The predicted octanol–water partition coefficient (Wildman–Crippen LogP) is 0.799. The van der Waals surface area contributed by atoms with Crippen LogP contribution in [0.5, 0.6) is 0 Å². The Labute approximate surface area is 70.9 Å². The van der Waals surface area contributed by atoms with Crippen LogP contribution in [0.4, 0.5) is 0 Å². The second-order valence-electron chi connectivity index (χ2n) is 1.58. The molecule has 11 heavy (non-hydrogen) atoms. The molecule has 0 aliphatic heterocycles. The quantitative estimate of drug-likeness (QED) is 0.165. The summed E-state index contributed by atoms with van der Waals surface area (Å²) in [6, 6.07) is 0. The molecule has 0 saturated heterocycles. The highest BCUT2D eigenvalue weighted by molar-refractivity contribution is 8.13. The Kier molecular flexibility index (Phi) is 6.27. The smallest absolute Gasteiger partial charge is 0.183 e. The minimum Gasteiger partial charge on any atom is -0.272 e. The number of rotatable bonds is 2. The fraction of sp³-hybridized carbons (Fsp3) is 0.429. The van der Waals surface area contributed by atoms with Crippen LogP contribution in [0.1, 0.15) is 6.42 Å². The molecule has 0 aliphatic rings. The number of terminal acetylenes is 1. The Hall–Kier alpha value is -1.13. The summed E-state index contributed by atoms with van der Waals surface area (Å²) in [6.45, 7) is 0.571. The molecule has 0 amide bonds. The van der Waals surface area contributed by atoms with Crippen molar-refractivity contribution < 1.29 is 0 Å². The third-order valence-corrected chi connectivity index (χ3v) is 1.49. The van der Waals surface area contributed by atoms with Crippen LogP contribution in [0.15, 0.2) is 4.99 Å². The Morgan fingerprint density at radius 2 is 2.55 bits per heavy atom. The third-order valence-electron chi connectivity index (χ3n) is 0.868. The molecule has 0 heterocycles. The van der Waals surface area contributed by atoms with Gasteiger partial charge in [-0.1, -0.05) is 11.8 Å². The third kappa shape index (κ3) is 5.32. The van der Waals surface area contributed by atoms with E-state index in [-0.39, 0.29) is 0 Å². The Morgan fingerprint density at radius 3 is 3.00 bits per heavy atom. The number of nitrogens with zero attached hydrogens (tertiary/aromatic N) is 2. The number of amidine groups is 1. The van der Waals surface area contributed by atoms with Crippen molar-refractivity contribution in [2.24, 2.45) is 4.99 Å². The number of aliphatic imine (C=N–C) groups is 1. The zero-order chi connectivity index (χ0) is 8.53. The SMILES string of the molecule is C#CCC/N=C(/NC#N)SC. The number of hydrogen-bond donors (Lipinski definition) is 1. The van der Waals surface area contributed by atoms with Crippen LogP contribution >= 0.6 is 11.8 Å². The fourth-order valence-electron chi connectivity index (χ4n) is 0.425. The van der Waals surface area contributed by atoms with Gasteiger partial charge in [0.05, 0.1) is 6.54 Å². The van der Waals surface area contributed by atoms with Crippen molar-refractivity contribution in [2.75, 3.05) is 12.8 Å². The zero-order valence-electron chi connectivity index (χ0n) is 6.29. The molecule has 0 rings (SSSR count). The molecular weight excluding hydrogens is 158 g/mol. The maximum absolute atomic E-state index is 8.23. The maximum Gasteiger partial charge on any atom is 0.183 e. The summed E-state index contributed by atoms with van der Waals surface area (Å²) in [5.74, 6) is 2.46. The standard InChI is InChI=1S/C7H9N3S/c1-3-4-5-9-7(11-2)10-6-8/h1H,4-5H2,2H3,(H,9,10). The van der Waals surface area contributed by atoms with Crippen molar-refractivity contribution >= 4 is 16.9 Å². The molecular formula is C7H9N3S. The minimum absolute atomic E-state index is 0.571. The number of hydrogen-bond acceptors (Lipinski definition) is 3. The van der Waals surface area contributed by atoms with Gasteiger partial charge in [0.25, 0.3) is 0 Å². The fourth-order valence-corrected chi connectivity index (χ4v) is 0.793. The van der Waals surface area contributed by atoms with Gasteiger partial charge >= 0.3 is 0 Å². The van der Waals surface area contributed by atoms with E-state index in [0.29, 0.717) is 18.1 Å². The molecule has 1 N–H and O–H groups in total. The molecule has 0 atom stereocenters. The van der Waals surface area contributed by atoms with Crippen LogP contribution in [0.3, 0.4) is 0 Å². The first kappa shape index (κ1) is 9.87. The van der Waals surface area contributed by atoms with Gasteiger partial charge in [-0.15, -0.1) is 12.3 Å². The van der Waals surface area contributed by atoms with E-state index < -0.39 is 0 Å². The van der Waals surface area contributed by atoms with Crippen molar-refractivity contribution in [2.45, 2.75) is 6.42 Å². The van der Waals surface area contributed by atoms with Crippen molar-refractivity contribution in [1.82, 2.24) is 5.32 Å². The lowest BCUT2D eigenvalue weighted by atomic mass is 10.5. The summed E-state index contributed by atoms with van der Waals surface area (Å²) >= 11 is 1.39. The summed E-state index contributed by atoms with van der Waals surface area (Å²) in [6.07, 6.45) is 9.27. The van der Waals surface area contributed by atoms with Gasteiger partial charge in [-0.25, -0.2) is 0 Å². The van der Waals surface area contributed by atoms with Crippen molar-refractivity contribution in [3.63, 3.8) is 0 Å². The molecule has 0 radical (unpaired) electrons. The van der Waals surface area contributed by atoms with Crippen molar-refractivity contribution in [3.05, 3.63) is 0 Å². The highest BCUT2D eigenvalue weighted by Gasteiger charge is 1.91. The van der Waals surface area contributed by atoms with Crippen LogP contribution in [0.2, 0.25) is 0 Å². The van der Waals surface area contributed by atoms with Gasteiger partial charge in [0.1, 0.15) is 0 Å². The summed E-state index contributed by atoms with van der Waals surface area (Å²) in [7, 11) is 0. The molecule has 0 aliphatic carbocycles. The second-order valence-corrected chi connectivity index (χ2v) is 2.38. The first-order valence-electron chi connectivity index (χ1n) is 3.02. The Morgan fingerprint density at radius 1 is 1.82 bits per heavy atom. The first-order valence-corrected chi connectivity index (χ1v) is 4.24. The van der Waals surface area contributed by atoms with E-state index in [0.717, 1.165) is 0 Å². The van der Waals surface area contributed by atoms with Gasteiger partial charge < -0.3 is 0 Å². The Bertz CT molecular complexity index is 209. The van der Waals surface area contributed by atoms with E-state index in [2.05, 4.69) is 16.2 Å². The molecule has 0 spiro atoms. The molecule has 4 heteroatoms. The number of nitrogens with one attached hydrogen (secondary N) is 1. The topological polar surface area (TPSA) is 48.2 Å². The van der Waals surface area contributed by atoms with E-state index in [4.69, 9.17) is 11.7 Å². The summed E-state index contributed by atoms with van der Waals surface area (Å²) in [5.41, 5.74) is 0. The Balaban J connectivity index is 3.75. The van der Waals surface area contributed by atoms with Crippen LogP contribution in [-0.2, 0) is 0 Å². The van der Waals surface area contributed by atoms with Gasteiger partial charge in [-0.3, -0.25) is 10.3 Å². The van der Waals surface area contributed by atoms with E-state index in [1.54, 1.807) is 6.19 Å². The lowest BCUT2D eigenvalue weighted by Gasteiger charge is -1.96. The molecule has 0 saturated carbocycles. The largest absolute Gasteiger partial charge is 0.272 e. The first-order chi connectivity index (χ1) is 5.35. The number of nitriles is 1. The van der Waals surface area contributed by atoms with Crippen LogP contribution in [0, 0.1) is 23.8 Å². The van der Waals surface area contributed by atoms with Gasteiger partial charge in [-0.2, -0.15) is 5.26 Å². The van der Waals surface area contributed by atoms with E-state index >= 15 is 0 Å². The average Bonchev–Trinajstić information content (AvgIpc) is 2.03. The van der Waals surface area contributed by atoms with Crippen LogP contribution < -0.4 is 5.32 Å². The number of thioether (sulfide) groups is 1. The van der Waals surface area contributed by atoms with Crippen LogP contribution in [-0.4, -0.2) is 18.0 Å². The van der Waals surface area contributed by atoms with E-state index in [1.165, 1.54) is 11.8 Å². The van der Waals surface area contributed by atoms with Crippen LogP contribution in [0.25, 0.3) is 0 Å². The molecule has 0 fully saturated rings. The molecule has 0 aromatic heterocycles. The lowest BCUT2D eigenvalue weighted by molar-refractivity contribution is 1.02. The highest BCUT2D eigenvalue weighted by atomic mass is 32.2. The summed E-state index contributed by atoms with van der Waals surface area (Å²) in [4.78, 5) is 4.03. The molecule has 0 aromatic rings. The molecule has 58 valence electrons. The second kappa shape index (κ2) is 6.98. The van der Waals surface area contributed by atoms with E-state index in [9.17, 15) is 0 Å². The maximum atomic E-state index is 8.23. The highest BCUT2D eigenvalue weighted by Crippen LogP contribution is 1.94.